The molecule has 80 valence electrons. The van der Waals surface area contributed by atoms with Crippen molar-refractivity contribution in [3.8, 4) is 0 Å². The van der Waals surface area contributed by atoms with E-state index in [2.05, 4.69) is 46.4 Å². The summed E-state index contributed by atoms with van der Waals surface area (Å²) in [4.78, 5) is 2.59. The van der Waals surface area contributed by atoms with Gasteiger partial charge >= 0.3 is 0 Å². The Labute approximate surface area is 84.5 Å². The fourth-order valence-electron chi connectivity index (χ4n) is 1.49. The summed E-state index contributed by atoms with van der Waals surface area (Å²) in [6.07, 6.45) is 2.63. The molecule has 1 nitrogen and oxygen atoms in total. The highest BCUT2D eigenvalue weighted by Gasteiger charge is 2.17. The van der Waals surface area contributed by atoms with Crippen LogP contribution in [0.25, 0.3) is 0 Å². The molecule has 0 radical (unpaired) electrons. The molecule has 0 bridgehead atoms. The quantitative estimate of drug-likeness (QED) is 0.633. The zero-order valence-electron chi connectivity index (χ0n) is 10.4. The molecular weight excluding hydrogens is 158 g/mol. The summed E-state index contributed by atoms with van der Waals surface area (Å²) in [7, 11) is 0. The highest BCUT2D eigenvalue weighted by molar-refractivity contribution is 4.71. The van der Waals surface area contributed by atoms with Crippen molar-refractivity contribution in [3.05, 3.63) is 0 Å². The summed E-state index contributed by atoms with van der Waals surface area (Å²) in [6, 6.07) is 0.686. The van der Waals surface area contributed by atoms with Gasteiger partial charge in [0.1, 0.15) is 0 Å². The molecule has 0 heterocycles. The van der Waals surface area contributed by atoms with E-state index >= 15 is 0 Å². The lowest BCUT2D eigenvalue weighted by Gasteiger charge is -2.32. The molecule has 13 heavy (non-hydrogen) atoms. The first-order chi connectivity index (χ1) is 5.87. The van der Waals surface area contributed by atoms with Gasteiger partial charge < -0.3 is 4.90 Å². The summed E-state index contributed by atoms with van der Waals surface area (Å²) in [6.45, 7) is 16.3. The molecule has 0 aromatic carbocycles. The van der Waals surface area contributed by atoms with Gasteiger partial charge in [0, 0.05) is 12.6 Å². The number of nitrogens with zero attached hydrogens (tertiary/aromatic N) is 1. The molecule has 0 aliphatic rings. The third kappa shape index (κ3) is 7.06. The van der Waals surface area contributed by atoms with E-state index < -0.39 is 0 Å². The maximum Gasteiger partial charge on any atom is 0.00388 e. The van der Waals surface area contributed by atoms with Crippen LogP contribution in [0.2, 0.25) is 0 Å². The predicted molar refractivity (Wildman–Crippen MR) is 61.1 cm³/mol. The second-order valence-electron chi connectivity index (χ2n) is 5.48. The van der Waals surface area contributed by atoms with Crippen LogP contribution in [-0.2, 0) is 0 Å². The smallest absolute Gasteiger partial charge is 0.00388 e. The summed E-state index contributed by atoms with van der Waals surface area (Å²) < 4.78 is 0. The maximum atomic E-state index is 2.59. The molecule has 0 aromatic rings. The SMILES string of the molecule is CCCCN(CC(C)(C)C)C(C)C. The minimum atomic E-state index is 0.429. The Kier molecular flexibility index (Phi) is 5.62. The van der Waals surface area contributed by atoms with Crippen LogP contribution in [0.1, 0.15) is 54.4 Å². The summed E-state index contributed by atoms with van der Waals surface area (Å²) in [5.74, 6) is 0. The lowest BCUT2D eigenvalue weighted by molar-refractivity contribution is 0.153. The zero-order valence-corrected chi connectivity index (χ0v) is 10.4. The molecule has 0 aliphatic carbocycles. The van der Waals surface area contributed by atoms with E-state index in [0.29, 0.717) is 11.5 Å². The van der Waals surface area contributed by atoms with E-state index in [1.807, 2.05) is 0 Å². The van der Waals surface area contributed by atoms with Crippen LogP contribution in [-0.4, -0.2) is 24.0 Å². The van der Waals surface area contributed by atoms with E-state index in [0.717, 1.165) is 0 Å². The summed E-state index contributed by atoms with van der Waals surface area (Å²) >= 11 is 0. The molecule has 0 N–H and O–H groups in total. The molecule has 1 heteroatoms. The fourth-order valence-corrected chi connectivity index (χ4v) is 1.49. The van der Waals surface area contributed by atoms with Gasteiger partial charge in [-0.25, -0.2) is 0 Å². The highest BCUT2D eigenvalue weighted by atomic mass is 15.1. The van der Waals surface area contributed by atoms with Crippen molar-refractivity contribution in [1.29, 1.82) is 0 Å². The monoisotopic (exact) mass is 185 g/mol. The van der Waals surface area contributed by atoms with E-state index in [-0.39, 0.29) is 0 Å². The average Bonchev–Trinajstić information content (AvgIpc) is 1.95. The van der Waals surface area contributed by atoms with E-state index in [4.69, 9.17) is 0 Å². The van der Waals surface area contributed by atoms with Crippen molar-refractivity contribution in [2.75, 3.05) is 13.1 Å². The highest BCUT2D eigenvalue weighted by Crippen LogP contribution is 2.17. The fraction of sp³-hybridized carbons (Fsp3) is 1.00. The van der Waals surface area contributed by atoms with Gasteiger partial charge in [0.2, 0.25) is 0 Å². The molecule has 0 atom stereocenters. The maximum absolute atomic E-state index is 2.59. The van der Waals surface area contributed by atoms with Gasteiger partial charge in [0.05, 0.1) is 0 Å². The Morgan fingerprint density at radius 2 is 1.69 bits per heavy atom. The van der Waals surface area contributed by atoms with Crippen LogP contribution in [0.3, 0.4) is 0 Å². The second-order valence-corrected chi connectivity index (χ2v) is 5.48. The molecule has 0 aliphatic heterocycles. The molecule has 0 aromatic heterocycles. The van der Waals surface area contributed by atoms with Gasteiger partial charge in [-0.05, 0) is 32.2 Å². The van der Waals surface area contributed by atoms with Crippen molar-refractivity contribution in [2.24, 2.45) is 5.41 Å². The minimum Gasteiger partial charge on any atom is -0.300 e. The van der Waals surface area contributed by atoms with Crippen LogP contribution >= 0.6 is 0 Å². The first-order valence-electron chi connectivity index (χ1n) is 5.61. The Hall–Kier alpha value is -0.0400. The first-order valence-corrected chi connectivity index (χ1v) is 5.61. The third-order valence-corrected chi connectivity index (χ3v) is 2.21. The Morgan fingerprint density at radius 1 is 1.15 bits per heavy atom. The number of unbranched alkanes of at least 4 members (excludes halogenated alkanes) is 1. The van der Waals surface area contributed by atoms with Crippen molar-refractivity contribution in [1.82, 2.24) is 4.90 Å². The van der Waals surface area contributed by atoms with Crippen LogP contribution in [0.15, 0.2) is 0 Å². The molecule has 0 fully saturated rings. The standard InChI is InChI=1S/C12H27N/c1-7-8-9-13(11(2)3)10-12(4,5)6/h11H,7-10H2,1-6H3. The average molecular weight is 185 g/mol. The molecule has 0 rings (SSSR count). The molecule has 0 saturated carbocycles. The Bertz CT molecular complexity index is 122. The van der Waals surface area contributed by atoms with E-state index in [9.17, 15) is 0 Å². The van der Waals surface area contributed by atoms with Gasteiger partial charge in [0.15, 0.2) is 0 Å². The third-order valence-electron chi connectivity index (χ3n) is 2.21. The van der Waals surface area contributed by atoms with Crippen molar-refractivity contribution in [2.45, 2.75) is 60.4 Å². The van der Waals surface area contributed by atoms with Crippen LogP contribution in [0.4, 0.5) is 0 Å². The van der Waals surface area contributed by atoms with Crippen molar-refractivity contribution < 1.29 is 0 Å². The molecule has 0 spiro atoms. The summed E-state index contributed by atoms with van der Waals surface area (Å²) in [5.41, 5.74) is 0.429. The predicted octanol–water partition coefficient (Wildman–Crippen LogP) is 3.54. The first kappa shape index (κ1) is 13.0. The van der Waals surface area contributed by atoms with Crippen LogP contribution in [0.5, 0.6) is 0 Å². The lowest BCUT2D eigenvalue weighted by atomic mass is 9.95. The van der Waals surface area contributed by atoms with Gasteiger partial charge in [-0.1, -0.05) is 34.1 Å². The van der Waals surface area contributed by atoms with E-state index in [1.165, 1.54) is 25.9 Å². The Balaban J connectivity index is 3.95. The van der Waals surface area contributed by atoms with Crippen LogP contribution < -0.4 is 0 Å². The van der Waals surface area contributed by atoms with Gasteiger partial charge in [-0.15, -0.1) is 0 Å². The molecule has 0 amide bonds. The normalized spacial score (nSPS) is 12.9. The van der Waals surface area contributed by atoms with Crippen LogP contribution in [0, 0.1) is 5.41 Å². The van der Waals surface area contributed by atoms with Crippen molar-refractivity contribution in [3.63, 3.8) is 0 Å². The molecular formula is C12H27N. The molecule has 0 saturated heterocycles. The Morgan fingerprint density at radius 3 is 2.00 bits per heavy atom. The lowest BCUT2D eigenvalue weighted by Crippen LogP contribution is -2.38. The second kappa shape index (κ2) is 5.64. The van der Waals surface area contributed by atoms with E-state index in [1.54, 1.807) is 0 Å². The van der Waals surface area contributed by atoms with Gasteiger partial charge in [-0.2, -0.15) is 0 Å². The minimum absolute atomic E-state index is 0.429. The topological polar surface area (TPSA) is 3.24 Å². The number of hydrogen-bond acceptors (Lipinski definition) is 1. The van der Waals surface area contributed by atoms with Gasteiger partial charge in [-0.3, -0.25) is 0 Å². The zero-order chi connectivity index (χ0) is 10.5. The summed E-state index contributed by atoms with van der Waals surface area (Å²) in [5, 5.41) is 0. The van der Waals surface area contributed by atoms with Crippen molar-refractivity contribution >= 4 is 0 Å². The largest absolute Gasteiger partial charge is 0.300 e. The molecule has 0 unspecified atom stereocenters. The number of hydrogen-bond donors (Lipinski definition) is 0. The van der Waals surface area contributed by atoms with Gasteiger partial charge in [0.25, 0.3) is 0 Å². The number of rotatable bonds is 5.